The third kappa shape index (κ3) is 5.77. The van der Waals surface area contributed by atoms with Crippen molar-refractivity contribution in [3.63, 3.8) is 0 Å². The molecule has 0 saturated heterocycles. The molecule has 1 N–H and O–H groups in total. The van der Waals surface area contributed by atoms with Crippen LogP contribution < -0.4 is 5.32 Å². The highest BCUT2D eigenvalue weighted by atomic mass is 19.1. The molecular weight excluding hydrogens is 353 g/mol. The van der Waals surface area contributed by atoms with Gasteiger partial charge in [-0.15, -0.1) is 0 Å². The molecule has 7 heteroatoms. The lowest BCUT2D eigenvalue weighted by molar-refractivity contribution is -0.161. The Morgan fingerprint density at radius 1 is 1.11 bits per heavy atom. The summed E-state index contributed by atoms with van der Waals surface area (Å²) in [5.41, 5.74) is 0.240. The molecule has 0 radical (unpaired) electrons. The molecule has 6 nitrogen and oxygen atoms in total. The second-order valence-corrected chi connectivity index (χ2v) is 7.77. The van der Waals surface area contributed by atoms with Gasteiger partial charge in [-0.2, -0.15) is 0 Å². The van der Waals surface area contributed by atoms with Gasteiger partial charge in [-0.25, -0.2) is 9.18 Å². The molecule has 148 valence electrons. The molecule has 1 aromatic carbocycles. The molecule has 1 aliphatic rings. The number of carbonyl (C=O) groups is 3. The number of ether oxygens (including phenoxy) is 2. The number of halogens is 1. The third-order valence-electron chi connectivity index (χ3n) is 4.55. The highest BCUT2D eigenvalue weighted by Crippen LogP contribution is 2.37. The lowest BCUT2D eigenvalue weighted by Crippen LogP contribution is -2.30. The van der Waals surface area contributed by atoms with Crippen molar-refractivity contribution in [2.75, 3.05) is 12.4 Å². The maximum absolute atomic E-state index is 14.3. The molecule has 0 atom stereocenters. The van der Waals surface area contributed by atoms with Gasteiger partial charge in [0.2, 0.25) is 0 Å². The van der Waals surface area contributed by atoms with Crippen LogP contribution in [0.15, 0.2) is 18.2 Å². The van der Waals surface area contributed by atoms with Gasteiger partial charge < -0.3 is 14.8 Å². The summed E-state index contributed by atoms with van der Waals surface area (Å²) in [6.07, 6.45) is 2.92. The summed E-state index contributed by atoms with van der Waals surface area (Å²) in [5, 5.41) is 2.19. The number of carbonyl (C=O) groups excluding carboxylic acids is 3. The Morgan fingerprint density at radius 3 is 2.26 bits per heavy atom. The highest BCUT2D eigenvalue weighted by molar-refractivity contribution is 6.37. The van der Waals surface area contributed by atoms with E-state index >= 15 is 0 Å². The fourth-order valence-corrected chi connectivity index (χ4v) is 3.20. The van der Waals surface area contributed by atoms with E-state index in [1.165, 1.54) is 12.1 Å². The maximum Gasteiger partial charge on any atom is 0.396 e. The van der Waals surface area contributed by atoms with Crippen LogP contribution in [0, 0.1) is 11.7 Å². The minimum atomic E-state index is -1.08. The van der Waals surface area contributed by atoms with Crippen LogP contribution in [0.25, 0.3) is 0 Å². The van der Waals surface area contributed by atoms with E-state index in [-0.39, 0.29) is 23.5 Å². The average Bonchev–Trinajstić information content (AvgIpc) is 2.61. The van der Waals surface area contributed by atoms with Gasteiger partial charge in [0.1, 0.15) is 11.4 Å². The lowest BCUT2D eigenvalue weighted by Gasteiger charge is -2.30. The zero-order valence-corrected chi connectivity index (χ0v) is 16.1. The van der Waals surface area contributed by atoms with Crippen molar-refractivity contribution in [3.05, 3.63) is 29.6 Å². The summed E-state index contributed by atoms with van der Waals surface area (Å²) in [5.74, 6) is -2.87. The number of amides is 1. The van der Waals surface area contributed by atoms with Crippen LogP contribution in [-0.2, 0) is 23.9 Å². The number of hydrogen-bond donors (Lipinski definition) is 1. The molecule has 0 bridgehead atoms. The van der Waals surface area contributed by atoms with Crippen LogP contribution in [0.2, 0.25) is 0 Å². The van der Waals surface area contributed by atoms with Crippen LogP contribution in [0.4, 0.5) is 10.1 Å². The van der Waals surface area contributed by atoms with E-state index in [0.717, 1.165) is 25.5 Å². The van der Waals surface area contributed by atoms with E-state index in [9.17, 15) is 18.8 Å². The van der Waals surface area contributed by atoms with Crippen LogP contribution in [0.5, 0.6) is 0 Å². The molecule has 1 saturated carbocycles. The van der Waals surface area contributed by atoms with E-state index in [4.69, 9.17) is 4.74 Å². The summed E-state index contributed by atoms with van der Waals surface area (Å²) < 4.78 is 24.0. The number of hydrogen-bond acceptors (Lipinski definition) is 5. The molecule has 1 aliphatic carbocycles. The van der Waals surface area contributed by atoms with Crippen LogP contribution >= 0.6 is 0 Å². The lowest BCUT2D eigenvalue weighted by atomic mass is 9.78. The Balaban J connectivity index is 1.96. The van der Waals surface area contributed by atoms with E-state index in [1.54, 1.807) is 6.07 Å². The third-order valence-corrected chi connectivity index (χ3v) is 4.55. The fraction of sp³-hybridized carbons (Fsp3) is 0.550. The zero-order valence-electron chi connectivity index (χ0n) is 16.1. The van der Waals surface area contributed by atoms with Gasteiger partial charge in [0.05, 0.1) is 18.7 Å². The molecule has 1 amide bonds. The van der Waals surface area contributed by atoms with Gasteiger partial charge in [0.15, 0.2) is 0 Å². The summed E-state index contributed by atoms with van der Waals surface area (Å²) in [7, 11) is 1.08. The molecule has 1 fully saturated rings. The van der Waals surface area contributed by atoms with Gasteiger partial charge in [0, 0.05) is 0 Å². The van der Waals surface area contributed by atoms with Crippen molar-refractivity contribution in [1.29, 1.82) is 0 Å². The van der Waals surface area contributed by atoms with Crippen molar-refractivity contribution in [3.8, 4) is 0 Å². The van der Waals surface area contributed by atoms with Gasteiger partial charge in [0.25, 0.3) is 0 Å². The van der Waals surface area contributed by atoms with Crippen molar-refractivity contribution >= 4 is 23.5 Å². The van der Waals surface area contributed by atoms with E-state index < -0.39 is 23.3 Å². The van der Waals surface area contributed by atoms with Gasteiger partial charge in [-0.1, -0.05) is 6.07 Å². The smallest absolute Gasteiger partial charge is 0.396 e. The van der Waals surface area contributed by atoms with E-state index in [2.05, 4.69) is 10.1 Å². The van der Waals surface area contributed by atoms with Crippen molar-refractivity contribution < 1.29 is 28.2 Å². The molecule has 0 aromatic heterocycles. The van der Waals surface area contributed by atoms with Crippen LogP contribution in [-0.4, -0.2) is 30.6 Å². The van der Waals surface area contributed by atoms with E-state index in [0.29, 0.717) is 12.8 Å². The largest absolute Gasteiger partial charge is 0.462 e. The molecule has 0 heterocycles. The fourth-order valence-electron chi connectivity index (χ4n) is 3.20. The Morgan fingerprint density at radius 2 is 1.74 bits per heavy atom. The highest BCUT2D eigenvalue weighted by Gasteiger charge is 2.30. The standard InChI is InChI=1S/C20H26FNO5/c1-20(2,3)27-18(24)13-7-5-12(6-8-13)14-9-10-16(15(21)11-14)22-17(23)19(25)26-4/h9-13H,5-8H2,1-4H3,(H,22,23). The first-order valence-electron chi connectivity index (χ1n) is 9.02. The van der Waals surface area contributed by atoms with Gasteiger partial charge in [-0.05, 0) is 70.1 Å². The Labute approximate surface area is 158 Å². The number of benzene rings is 1. The molecular formula is C20H26FNO5. The minimum absolute atomic E-state index is 0.0726. The normalized spacial score (nSPS) is 19.9. The second-order valence-electron chi connectivity index (χ2n) is 7.77. The predicted octanol–water partition coefficient (Wildman–Crippen LogP) is 3.55. The number of rotatable bonds is 3. The molecule has 0 aliphatic heterocycles. The molecule has 0 unspecified atom stereocenters. The minimum Gasteiger partial charge on any atom is -0.462 e. The quantitative estimate of drug-likeness (QED) is 0.642. The van der Waals surface area contributed by atoms with Gasteiger partial charge in [-0.3, -0.25) is 9.59 Å². The average molecular weight is 379 g/mol. The van der Waals surface area contributed by atoms with Crippen molar-refractivity contribution in [2.24, 2.45) is 5.92 Å². The summed E-state index contributed by atoms with van der Waals surface area (Å²) in [4.78, 5) is 34.8. The molecule has 1 aromatic rings. The first-order valence-corrected chi connectivity index (χ1v) is 9.02. The zero-order chi connectivity index (χ0) is 20.2. The Bertz CT molecular complexity index is 718. The predicted molar refractivity (Wildman–Crippen MR) is 97.6 cm³/mol. The summed E-state index contributed by atoms with van der Waals surface area (Å²) in [6, 6.07) is 4.53. The summed E-state index contributed by atoms with van der Waals surface area (Å²) >= 11 is 0. The van der Waals surface area contributed by atoms with E-state index in [1.807, 2.05) is 20.8 Å². The first-order chi connectivity index (χ1) is 12.6. The monoisotopic (exact) mass is 379 g/mol. The maximum atomic E-state index is 14.3. The topological polar surface area (TPSA) is 81.7 Å². The number of nitrogens with one attached hydrogen (secondary N) is 1. The SMILES string of the molecule is COC(=O)C(=O)Nc1ccc(C2CCC(C(=O)OC(C)(C)C)CC2)cc1F. The second kappa shape index (κ2) is 8.50. The Hall–Kier alpha value is -2.44. The van der Waals surface area contributed by atoms with Gasteiger partial charge >= 0.3 is 17.8 Å². The summed E-state index contributed by atoms with van der Waals surface area (Å²) in [6.45, 7) is 5.54. The number of esters is 2. The van der Waals surface area contributed by atoms with Crippen molar-refractivity contribution in [1.82, 2.24) is 0 Å². The molecule has 27 heavy (non-hydrogen) atoms. The molecule has 2 rings (SSSR count). The number of methoxy groups -OCH3 is 1. The number of anilines is 1. The van der Waals surface area contributed by atoms with Crippen LogP contribution in [0.3, 0.4) is 0 Å². The van der Waals surface area contributed by atoms with Crippen molar-refractivity contribution in [2.45, 2.75) is 58.0 Å². The first kappa shape index (κ1) is 20.9. The van der Waals surface area contributed by atoms with Crippen LogP contribution in [0.1, 0.15) is 57.9 Å². The molecule has 0 spiro atoms. The Kier molecular flexibility index (Phi) is 6.57.